The summed E-state index contributed by atoms with van der Waals surface area (Å²) >= 11 is 5.47. The fourth-order valence-corrected chi connectivity index (χ4v) is 5.72. The van der Waals surface area contributed by atoms with E-state index >= 15 is 0 Å². The van der Waals surface area contributed by atoms with Gasteiger partial charge in [-0.15, -0.1) is 11.3 Å². The summed E-state index contributed by atoms with van der Waals surface area (Å²) in [6.07, 6.45) is 0. The van der Waals surface area contributed by atoms with Crippen molar-refractivity contribution in [3.05, 3.63) is 36.6 Å². The van der Waals surface area contributed by atoms with E-state index in [9.17, 15) is 13.2 Å². The molecule has 2 aromatic rings. The van der Waals surface area contributed by atoms with Crippen LogP contribution in [0.1, 0.15) is 20.8 Å². The van der Waals surface area contributed by atoms with Crippen molar-refractivity contribution in [1.82, 2.24) is 4.72 Å². The van der Waals surface area contributed by atoms with E-state index in [2.05, 4.69) is 20.7 Å². The maximum Gasteiger partial charge on any atom is 0.345 e. The van der Waals surface area contributed by atoms with Gasteiger partial charge in [-0.05, 0) is 50.8 Å². The summed E-state index contributed by atoms with van der Waals surface area (Å²) in [5.74, 6) is -1.15. The number of hydrogen-bond acceptors (Lipinski definition) is 5. The molecule has 20 heavy (non-hydrogen) atoms. The molecule has 0 saturated heterocycles. The van der Waals surface area contributed by atoms with Crippen molar-refractivity contribution >= 4 is 54.6 Å². The van der Waals surface area contributed by atoms with Crippen LogP contribution in [0.2, 0.25) is 0 Å². The monoisotopic (exact) mass is 395 g/mol. The predicted octanol–water partition coefficient (Wildman–Crippen LogP) is 3.06. The van der Waals surface area contributed by atoms with E-state index in [1.165, 1.54) is 11.3 Å². The van der Waals surface area contributed by atoms with Gasteiger partial charge in [0, 0.05) is 6.54 Å². The number of carboxylic acid groups (broad SMARTS) is 1. The molecule has 0 radical (unpaired) electrons. The Labute approximate surface area is 132 Å². The zero-order chi connectivity index (χ0) is 14.9. The molecule has 0 fully saturated rings. The van der Waals surface area contributed by atoms with Crippen LogP contribution in [0.3, 0.4) is 0 Å². The molecule has 2 aromatic heterocycles. The third-order valence-corrected chi connectivity index (χ3v) is 7.12. The lowest BCUT2D eigenvalue weighted by molar-refractivity contribution is 0.0702. The molecule has 0 bridgehead atoms. The molecule has 2 rings (SSSR count). The predicted molar refractivity (Wildman–Crippen MR) is 82.1 cm³/mol. The van der Waals surface area contributed by atoms with Gasteiger partial charge in [0.05, 0.1) is 3.79 Å². The Morgan fingerprint density at radius 2 is 2.15 bits per heavy atom. The first kappa shape index (κ1) is 15.6. The van der Waals surface area contributed by atoms with Gasteiger partial charge in [0.25, 0.3) is 0 Å². The van der Waals surface area contributed by atoms with Gasteiger partial charge in [-0.2, -0.15) is 11.3 Å². The summed E-state index contributed by atoms with van der Waals surface area (Å²) in [6.45, 7) is 2.09. The van der Waals surface area contributed by atoms with E-state index in [1.807, 2.05) is 17.7 Å². The molecule has 0 aliphatic carbocycles. The molecule has 0 spiro atoms. The van der Waals surface area contributed by atoms with Crippen molar-refractivity contribution in [2.24, 2.45) is 0 Å². The Balaban J connectivity index is 2.22. The molecule has 2 heterocycles. The van der Waals surface area contributed by atoms with Crippen molar-refractivity contribution in [3.63, 3.8) is 0 Å². The lowest BCUT2D eigenvalue weighted by Gasteiger charge is -2.05. The summed E-state index contributed by atoms with van der Waals surface area (Å²) in [7, 11) is -3.74. The largest absolute Gasteiger partial charge is 0.477 e. The first-order valence-corrected chi connectivity index (χ1v) is 9.39. The zero-order valence-electron chi connectivity index (χ0n) is 10.2. The Morgan fingerprint density at radius 1 is 1.45 bits per heavy atom. The van der Waals surface area contributed by atoms with Crippen molar-refractivity contribution in [3.8, 4) is 0 Å². The SMILES string of the molecule is Cc1cscc1CNS(=O)(=O)c1cc(C(=O)O)sc1Br. The fourth-order valence-electron chi connectivity index (χ4n) is 1.46. The van der Waals surface area contributed by atoms with E-state index < -0.39 is 16.0 Å². The Morgan fingerprint density at radius 3 is 2.65 bits per heavy atom. The van der Waals surface area contributed by atoms with Crippen LogP contribution in [0.25, 0.3) is 0 Å². The van der Waals surface area contributed by atoms with E-state index in [0.29, 0.717) is 0 Å². The second-order valence-corrected chi connectivity index (χ2v) is 8.81. The summed E-state index contributed by atoms with van der Waals surface area (Å²) < 4.78 is 27.1. The zero-order valence-corrected chi connectivity index (χ0v) is 14.2. The number of rotatable bonds is 5. The molecule has 0 aliphatic heterocycles. The molecular formula is C11H10BrNO4S3. The molecular weight excluding hydrogens is 386 g/mol. The Kier molecular flexibility index (Phi) is 4.65. The van der Waals surface area contributed by atoms with E-state index in [1.54, 1.807) is 0 Å². The number of nitrogens with one attached hydrogen (secondary N) is 1. The average molecular weight is 396 g/mol. The molecule has 0 amide bonds. The molecule has 0 saturated carbocycles. The maximum atomic E-state index is 12.2. The van der Waals surface area contributed by atoms with Crippen LogP contribution >= 0.6 is 38.6 Å². The number of carboxylic acids is 1. The van der Waals surface area contributed by atoms with Crippen LogP contribution in [0, 0.1) is 6.92 Å². The van der Waals surface area contributed by atoms with Gasteiger partial charge >= 0.3 is 5.97 Å². The van der Waals surface area contributed by atoms with Gasteiger partial charge in [0.2, 0.25) is 10.0 Å². The third-order valence-electron chi connectivity index (χ3n) is 2.57. The highest BCUT2D eigenvalue weighted by Gasteiger charge is 2.23. The first-order valence-electron chi connectivity index (χ1n) is 5.35. The number of halogens is 1. The third kappa shape index (κ3) is 3.29. The Hall–Kier alpha value is -0.740. The van der Waals surface area contributed by atoms with Crippen LogP contribution in [0.15, 0.2) is 25.5 Å². The molecule has 108 valence electrons. The minimum Gasteiger partial charge on any atom is -0.477 e. The number of aryl methyl sites for hydroxylation is 1. The summed E-state index contributed by atoms with van der Waals surface area (Å²) in [6, 6.07) is 1.15. The molecule has 0 aliphatic rings. The second-order valence-electron chi connectivity index (χ2n) is 3.96. The van der Waals surface area contributed by atoms with Gasteiger partial charge < -0.3 is 5.11 Å². The van der Waals surface area contributed by atoms with Crippen molar-refractivity contribution in [2.75, 3.05) is 0 Å². The lowest BCUT2D eigenvalue weighted by atomic mass is 10.2. The molecule has 2 N–H and O–H groups in total. The normalized spacial score (nSPS) is 11.7. The van der Waals surface area contributed by atoms with Crippen LogP contribution in [0.5, 0.6) is 0 Å². The standard InChI is InChI=1S/C11H10BrNO4S3/c1-6-4-18-5-7(6)3-13-20(16,17)9-2-8(11(14)15)19-10(9)12/h2,4-5,13H,3H2,1H3,(H,14,15). The van der Waals surface area contributed by atoms with Crippen LogP contribution in [-0.4, -0.2) is 19.5 Å². The maximum absolute atomic E-state index is 12.2. The van der Waals surface area contributed by atoms with Gasteiger partial charge in [-0.25, -0.2) is 17.9 Å². The number of thiophene rings is 2. The van der Waals surface area contributed by atoms with Crippen molar-refractivity contribution < 1.29 is 18.3 Å². The van der Waals surface area contributed by atoms with Crippen LogP contribution in [-0.2, 0) is 16.6 Å². The quantitative estimate of drug-likeness (QED) is 0.814. The highest BCUT2D eigenvalue weighted by atomic mass is 79.9. The topological polar surface area (TPSA) is 83.5 Å². The molecule has 0 unspecified atom stereocenters. The Bertz CT molecular complexity index is 748. The van der Waals surface area contributed by atoms with Gasteiger partial charge in [0.15, 0.2) is 0 Å². The summed E-state index contributed by atoms with van der Waals surface area (Å²) in [5, 5.41) is 12.7. The van der Waals surface area contributed by atoms with E-state index in [0.717, 1.165) is 28.5 Å². The molecule has 9 heteroatoms. The number of sulfonamides is 1. The van der Waals surface area contributed by atoms with Crippen LogP contribution < -0.4 is 4.72 Å². The summed E-state index contributed by atoms with van der Waals surface area (Å²) in [5.41, 5.74) is 1.93. The minimum atomic E-state index is -3.74. The van der Waals surface area contributed by atoms with Crippen LogP contribution in [0.4, 0.5) is 0 Å². The van der Waals surface area contributed by atoms with E-state index in [4.69, 9.17) is 5.11 Å². The van der Waals surface area contributed by atoms with Crippen molar-refractivity contribution in [1.29, 1.82) is 0 Å². The number of hydrogen-bond donors (Lipinski definition) is 2. The van der Waals surface area contributed by atoms with Crippen molar-refractivity contribution in [2.45, 2.75) is 18.4 Å². The second kappa shape index (κ2) is 5.94. The number of aromatic carboxylic acids is 1. The highest BCUT2D eigenvalue weighted by Crippen LogP contribution is 2.31. The lowest BCUT2D eigenvalue weighted by Crippen LogP contribution is -2.23. The molecule has 5 nitrogen and oxygen atoms in total. The van der Waals surface area contributed by atoms with Gasteiger partial charge in [-0.1, -0.05) is 0 Å². The molecule has 0 aromatic carbocycles. The van der Waals surface area contributed by atoms with Gasteiger partial charge in [-0.3, -0.25) is 0 Å². The van der Waals surface area contributed by atoms with Gasteiger partial charge in [0.1, 0.15) is 9.77 Å². The summed E-state index contributed by atoms with van der Waals surface area (Å²) in [4.78, 5) is 10.8. The molecule has 0 atom stereocenters. The fraction of sp³-hybridized carbons (Fsp3) is 0.182. The number of carbonyl (C=O) groups is 1. The van der Waals surface area contributed by atoms with E-state index in [-0.39, 0.29) is 20.1 Å². The first-order chi connectivity index (χ1) is 9.31. The minimum absolute atomic E-state index is 0.0241. The highest BCUT2D eigenvalue weighted by molar-refractivity contribution is 9.11. The smallest absolute Gasteiger partial charge is 0.345 e. The average Bonchev–Trinajstić information content (AvgIpc) is 2.93.